The molecular formula is C25H33N5O4S. The summed E-state index contributed by atoms with van der Waals surface area (Å²) in [5.41, 5.74) is 1.14. The first-order valence-electron chi connectivity index (χ1n) is 12.2. The van der Waals surface area contributed by atoms with Crippen molar-refractivity contribution in [3.05, 3.63) is 40.9 Å². The molecule has 1 aliphatic heterocycles. The summed E-state index contributed by atoms with van der Waals surface area (Å²) in [5, 5.41) is 7.94. The number of aromatic nitrogens is 1. The van der Waals surface area contributed by atoms with Crippen molar-refractivity contribution in [2.75, 3.05) is 45.2 Å². The van der Waals surface area contributed by atoms with Gasteiger partial charge in [0.15, 0.2) is 5.13 Å². The van der Waals surface area contributed by atoms with E-state index in [1.165, 1.54) is 30.6 Å². The number of likely N-dealkylation sites (tertiary alicyclic amines) is 1. The zero-order valence-electron chi connectivity index (χ0n) is 20.1. The summed E-state index contributed by atoms with van der Waals surface area (Å²) in [6.45, 7) is 3.67. The van der Waals surface area contributed by atoms with Crippen LogP contribution in [0.5, 0.6) is 5.75 Å². The number of ether oxygens (including phenoxy) is 1. The van der Waals surface area contributed by atoms with E-state index >= 15 is 0 Å². The molecule has 35 heavy (non-hydrogen) atoms. The Balaban J connectivity index is 1.23. The lowest BCUT2D eigenvalue weighted by molar-refractivity contribution is -0.120. The molecule has 2 heterocycles. The van der Waals surface area contributed by atoms with E-state index in [1.807, 2.05) is 0 Å². The molecule has 2 aliphatic rings. The lowest BCUT2D eigenvalue weighted by Crippen LogP contribution is -2.39. The summed E-state index contributed by atoms with van der Waals surface area (Å²) < 4.78 is 5.15. The normalized spacial score (nSPS) is 15.9. The fraction of sp³-hybridized carbons (Fsp3) is 0.520. The van der Waals surface area contributed by atoms with E-state index in [0.29, 0.717) is 28.7 Å². The van der Waals surface area contributed by atoms with E-state index < -0.39 is 0 Å². The Kier molecular flexibility index (Phi) is 8.70. The number of hydrogen-bond acceptors (Lipinski definition) is 7. The number of rotatable bonds is 11. The summed E-state index contributed by atoms with van der Waals surface area (Å²) >= 11 is 1.28. The average Bonchev–Trinajstić information content (AvgIpc) is 3.63. The Morgan fingerprint density at radius 3 is 2.54 bits per heavy atom. The van der Waals surface area contributed by atoms with Gasteiger partial charge in [-0.05, 0) is 63.0 Å². The highest BCUT2D eigenvalue weighted by Gasteiger charge is 2.34. The van der Waals surface area contributed by atoms with Crippen molar-refractivity contribution in [1.82, 2.24) is 20.1 Å². The highest BCUT2D eigenvalue weighted by atomic mass is 32.1. The number of thiazole rings is 1. The predicted octanol–water partition coefficient (Wildman–Crippen LogP) is 2.54. The van der Waals surface area contributed by atoms with Gasteiger partial charge in [0.25, 0.3) is 5.91 Å². The molecule has 0 unspecified atom stereocenters. The molecule has 9 nitrogen and oxygen atoms in total. The van der Waals surface area contributed by atoms with Gasteiger partial charge >= 0.3 is 0 Å². The highest BCUT2D eigenvalue weighted by molar-refractivity contribution is 7.13. The molecule has 3 amide bonds. The van der Waals surface area contributed by atoms with E-state index in [2.05, 4.69) is 20.5 Å². The Morgan fingerprint density at radius 1 is 1.11 bits per heavy atom. The van der Waals surface area contributed by atoms with E-state index in [1.54, 1.807) is 41.7 Å². The zero-order chi connectivity index (χ0) is 24.6. The molecule has 1 aromatic heterocycles. The van der Waals surface area contributed by atoms with E-state index in [9.17, 15) is 14.4 Å². The molecule has 0 radical (unpaired) electrons. The van der Waals surface area contributed by atoms with Gasteiger partial charge in [-0.2, -0.15) is 0 Å². The lowest BCUT2D eigenvalue weighted by atomic mass is 10.1. The molecule has 10 heteroatoms. The number of nitrogens with one attached hydrogen (secondary N) is 2. The van der Waals surface area contributed by atoms with Crippen molar-refractivity contribution < 1.29 is 19.1 Å². The minimum Gasteiger partial charge on any atom is -0.497 e. The molecule has 188 valence electrons. The van der Waals surface area contributed by atoms with Gasteiger partial charge in [0.1, 0.15) is 12.3 Å². The largest absolute Gasteiger partial charge is 0.497 e. The summed E-state index contributed by atoms with van der Waals surface area (Å²) in [5.74, 6) is 0.125. The summed E-state index contributed by atoms with van der Waals surface area (Å²) in [6, 6.07) is 6.97. The van der Waals surface area contributed by atoms with Gasteiger partial charge < -0.3 is 25.2 Å². The summed E-state index contributed by atoms with van der Waals surface area (Å²) in [4.78, 5) is 46.3. The first-order valence-corrected chi connectivity index (χ1v) is 13.1. The second kappa shape index (κ2) is 12.1. The third-order valence-electron chi connectivity index (χ3n) is 6.24. The first-order chi connectivity index (χ1) is 17.0. The smallest absolute Gasteiger partial charge is 0.254 e. The van der Waals surface area contributed by atoms with Crippen molar-refractivity contribution in [1.29, 1.82) is 0 Å². The molecule has 1 aromatic carbocycles. The quantitative estimate of drug-likeness (QED) is 0.493. The van der Waals surface area contributed by atoms with Crippen LogP contribution in [-0.2, 0) is 16.0 Å². The maximum atomic E-state index is 13.0. The van der Waals surface area contributed by atoms with Gasteiger partial charge in [-0.1, -0.05) is 6.42 Å². The molecule has 1 saturated carbocycles. The molecule has 0 spiro atoms. The van der Waals surface area contributed by atoms with Crippen LogP contribution in [0.2, 0.25) is 0 Å². The molecule has 1 saturated heterocycles. The van der Waals surface area contributed by atoms with Crippen molar-refractivity contribution in [2.24, 2.45) is 0 Å². The summed E-state index contributed by atoms with van der Waals surface area (Å²) in [6.07, 6.45) is 5.72. The van der Waals surface area contributed by atoms with Crippen LogP contribution in [0, 0.1) is 0 Å². The van der Waals surface area contributed by atoms with Crippen LogP contribution < -0.4 is 15.4 Å². The molecule has 0 bridgehead atoms. The van der Waals surface area contributed by atoms with Crippen LogP contribution in [0.4, 0.5) is 5.13 Å². The Labute approximate surface area is 209 Å². The second-order valence-electron chi connectivity index (χ2n) is 9.01. The SMILES string of the molecule is COc1ccc(C(=O)N(CC(=O)Nc2nc(CC(=O)NCCN3CCCCC3)cs2)C2CC2)cc1. The number of carbonyl (C=O) groups is 3. The Hall–Kier alpha value is -2.98. The van der Waals surface area contributed by atoms with Gasteiger partial charge in [0.2, 0.25) is 11.8 Å². The van der Waals surface area contributed by atoms with Crippen LogP contribution in [0.3, 0.4) is 0 Å². The minimum atomic E-state index is -0.300. The van der Waals surface area contributed by atoms with Gasteiger partial charge in [-0.3, -0.25) is 14.4 Å². The molecule has 1 aliphatic carbocycles. The van der Waals surface area contributed by atoms with E-state index in [0.717, 1.165) is 32.5 Å². The third kappa shape index (κ3) is 7.50. The number of piperidine rings is 1. The molecule has 0 atom stereocenters. The number of benzene rings is 1. The van der Waals surface area contributed by atoms with Crippen LogP contribution in [0.15, 0.2) is 29.6 Å². The van der Waals surface area contributed by atoms with Gasteiger partial charge in [-0.25, -0.2) is 4.98 Å². The van der Waals surface area contributed by atoms with Crippen LogP contribution in [0.25, 0.3) is 0 Å². The Morgan fingerprint density at radius 2 is 1.86 bits per heavy atom. The number of hydrogen-bond donors (Lipinski definition) is 2. The Bertz CT molecular complexity index is 1020. The fourth-order valence-corrected chi connectivity index (χ4v) is 4.90. The lowest BCUT2D eigenvalue weighted by Gasteiger charge is -2.26. The first kappa shape index (κ1) is 25.1. The standard InChI is InChI=1S/C25H33N5O4S/c1-34-21-9-5-18(6-10-21)24(33)30(20-7-8-20)16-23(32)28-25-27-19(17-35-25)15-22(31)26-11-14-29-12-3-2-4-13-29/h5-6,9-10,17,20H,2-4,7-8,11-16H2,1H3,(H,26,31)(H,27,28,32). The molecule has 2 aromatic rings. The average molecular weight is 500 g/mol. The van der Waals surface area contributed by atoms with Gasteiger partial charge in [0.05, 0.1) is 19.2 Å². The second-order valence-corrected chi connectivity index (χ2v) is 9.87. The number of nitrogens with zero attached hydrogens (tertiary/aromatic N) is 3. The van der Waals surface area contributed by atoms with E-state index in [4.69, 9.17) is 4.74 Å². The van der Waals surface area contributed by atoms with Crippen LogP contribution in [0.1, 0.15) is 48.2 Å². The zero-order valence-corrected chi connectivity index (χ0v) is 20.9. The van der Waals surface area contributed by atoms with E-state index in [-0.39, 0.29) is 36.7 Å². The summed E-state index contributed by atoms with van der Waals surface area (Å²) in [7, 11) is 1.57. The van der Waals surface area contributed by atoms with Crippen molar-refractivity contribution in [3.8, 4) is 5.75 Å². The maximum Gasteiger partial charge on any atom is 0.254 e. The molecule has 4 rings (SSSR count). The molecule has 2 N–H and O–H groups in total. The van der Waals surface area contributed by atoms with Crippen molar-refractivity contribution in [3.63, 3.8) is 0 Å². The van der Waals surface area contributed by atoms with Crippen LogP contribution >= 0.6 is 11.3 Å². The van der Waals surface area contributed by atoms with Gasteiger partial charge in [0, 0.05) is 30.1 Å². The minimum absolute atomic E-state index is 0.0402. The molecule has 2 fully saturated rings. The number of anilines is 1. The third-order valence-corrected chi connectivity index (χ3v) is 7.04. The number of amides is 3. The monoisotopic (exact) mass is 499 g/mol. The fourth-order valence-electron chi connectivity index (χ4n) is 4.17. The van der Waals surface area contributed by atoms with Crippen LogP contribution in [-0.4, -0.2) is 78.4 Å². The van der Waals surface area contributed by atoms with Crippen molar-refractivity contribution >= 4 is 34.2 Å². The van der Waals surface area contributed by atoms with Crippen molar-refractivity contribution in [2.45, 2.75) is 44.6 Å². The van der Waals surface area contributed by atoms with Gasteiger partial charge in [-0.15, -0.1) is 11.3 Å². The maximum absolute atomic E-state index is 13.0. The predicted molar refractivity (Wildman–Crippen MR) is 135 cm³/mol. The highest BCUT2D eigenvalue weighted by Crippen LogP contribution is 2.28. The topological polar surface area (TPSA) is 104 Å². The number of methoxy groups -OCH3 is 1. The molecular weight excluding hydrogens is 466 g/mol. The number of carbonyl (C=O) groups excluding carboxylic acids is 3.